The fourth-order valence-corrected chi connectivity index (χ4v) is 3.35. The molecule has 0 spiro atoms. The van der Waals surface area contributed by atoms with Crippen LogP contribution in [0.3, 0.4) is 0 Å². The summed E-state index contributed by atoms with van der Waals surface area (Å²) >= 11 is 1.69. The van der Waals surface area contributed by atoms with Crippen molar-refractivity contribution >= 4 is 41.3 Å². The Bertz CT molecular complexity index is 941. The van der Waals surface area contributed by atoms with E-state index in [1.165, 1.54) is 17.0 Å². The van der Waals surface area contributed by atoms with Gasteiger partial charge >= 0.3 is 0 Å². The lowest BCUT2D eigenvalue weighted by Crippen LogP contribution is -2.36. The van der Waals surface area contributed by atoms with Crippen LogP contribution >= 0.6 is 35.3 Å². The number of aliphatic imine (C=N–C) groups is 1. The third-order valence-electron chi connectivity index (χ3n) is 4.08. The van der Waals surface area contributed by atoms with Gasteiger partial charge in [0.2, 0.25) is 5.88 Å². The minimum absolute atomic E-state index is 0. The van der Waals surface area contributed by atoms with E-state index < -0.39 is 0 Å². The zero-order chi connectivity index (χ0) is 20.6. The summed E-state index contributed by atoms with van der Waals surface area (Å²) in [4.78, 5) is 14.7. The van der Waals surface area contributed by atoms with E-state index in [-0.39, 0.29) is 29.8 Å². The van der Waals surface area contributed by atoms with Gasteiger partial charge in [-0.2, -0.15) is 0 Å². The molecular formula is C21H25FIN5OS. The number of nitrogens with zero attached hydrogens (tertiary/aromatic N) is 3. The molecule has 3 aromatic rings. The maximum atomic E-state index is 13.0. The summed E-state index contributed by atoms with van der Waals surface area (Å²) < 4.78 is 18.6. The van der Waals surface area contributed by atoms with E-state index in [1.807, 2.05) is 19.9 Å². The molecule has 2 N–H and O–H groups in total. The van der Waals surface area contributed by atoms with Gasteiger partial charge in [-0.1, -0.05) is 6.07 Å². The molecule has 9 heteroatoms. The molecule has 6 nitrogen and oxygen atoms in total. The molecule has 160 valence electrons. The normalized spacial score (nSPS) is 11.0. The van der Waals surface area contributed by atoms with Gasteiger partial charge < -0.3 is 15.4 Å². The van der Waals surface area contributed by atoms with E-state index in [4.69, 9.17) is 4.74 Å². The van der Waals surface area contributed by atoms with Crippen molar-refractivity contribution in [2.75, 3.05) is 6.54 Å². The Hall–Kier alpha value is -2.27. The Labute approximate surface area is 197 Å². The number of guanidine groups is 1. The molecular weight excluding hydrogens is 516 g/mol. The lowest BCUT2D eigenvalue weighted by molar-refractivity contribution is 0.461. The average molecular weight is 541 g/mol. The van der Waals surface area contributed by atoms with Crippen LogP contribution in [0.5, 0.6) is 11.6 Å². The van der Waals surface area contributed by atoms with Gasteiger partial charge in [0.25, 0.3) is 0 Å². The number of rotatable bonds is 7. The number of ether oxygens (including phenoxy) is 1. The number of hydrogen-bond acceptors (Lipinski definition) is 5. The van der Waals surface area contributed by atoms with Gasteiger partial charge in [-0.05, 0) is 50.6 Å². The molecule has 0 atom stereocenters. The Morgan fingerprint density at radius 2 is 1.90 bits per heavy atom. The predicted octanol–water partition coefficient (Wildman–Crippen LogP) is 4.96. The van der Waals surface area contributed by atoms with Gasteiger partial charge in [-0.15, -0.1) is 35.3 Å². The zero-order valence-corrected chi connectivity index (χ0v) is 20.3. The van der Waals surface area contributed by atoms with Crippen LogP contribution in [0.4, 0.5) is 4.39 Å². The van der Waals surface area contributed by atoms with E-state index in [1.54, 1.807) is 35.7 Å². The molecule has 0 amide bonds. The van der Waals surface area contributed by atoms with Crippen LogP contribution in [0.25, 0.3) is 0 Å². The van der Waals surface area contributed by atoms with Crippen LogP contribution in [0.15, 0.2) is 47.6 Å². The smallest absolute Gasteiger partial charge is 0.219 e. The lowest BCUT2D eigenvalue weighted by atomic mass is 10.3. The van der Waals surface area contributed by atoms with E-state index in [0.717, 1.165) is 28.8 Å². The van der Waals surface area contributed by atoms with Gasteiger partial charge in [0, 0.05) is 23.7 Å². The molecule has 0 saturated heterocycles. The summed E-state index contributed by atoms with van der Waals surface area (Å²) in [5, 5.41) is 7.58. The molecule has 0 aliphatic heterocycles. The van der Waals surface area contributed by atoms with Crippen LogP contribution in [-0.2, 0) is 13.1 Å². The maximum Gasteiger partial charge on any atom is 0.219 e. The van der Waals surface area contributed by atoms with Crippen LogP contribution < -0.4 is 15.4 Å². The molecule has 2 heterocycles. The highest BCUT2D eigenvalue weighted by atomic mass is 127. The second kappa shape index (κ2) is 11.8. The summed E-state index contributed by atoms with van der Waals surface area (Å²) in [5.74, 6) is 1.41. The van der Waals surface area contributed by atoms with Crippen molar-refractivity contribution in [2.45, 2.75) is 33.9 Å². The van der Waals surface area contributed by atoms with E-state index in [0.29, 0.717) is 24.7 Å². The van der Waals surface area contributed by atoms with Gasteiger partial charge in [0.1, 0.15) is 16.6 Å². The number of hydrogen-bond donors (Lipinski definition) is 2. The second-order valence-corrected chi connectivity index (χ2v) is 7.65. The summed E-state index contributed by atoms with van der Waals surface area (Å²) in [5.41, 5.74) is 2.03. The molecule has 0 saturated carbocycles. The SMILES string of the molecule is CCNC(=NCc1ccc(Oc2ccc(F)cc2)nc1)NCc1nc(C)c(C)s1.I. The van der Waals surface area contributed by atoms with Crippen molar-refractivity contribution in [3.8, 4) is 11.6 Å². The van der Waals surface area contributed by atoms with Crippen LogP contribution in [-0.4, -0.2) is 22.5 Å². The Morgan fingerprint density at radius 3 is 2.50 bits per heavy atom. The fourth-order valence-electron chi connectivity index (χ4n) is 2.47. The minimum Gasteiger partial charge on any atom is -0.439 e. The first-order valence-electron chi connectivity index (χ1n) is 9.37. The third-order valence-corrected chi connectivity index (χ3v) is 5.15. The monoisotopic (exact) mass is 541 g/mol. The van der Waals surface area contributed by atoms with Crippen molar-refractivity contribution in [2.24, 2.45) is 4.99 Å². The molecule has 0 fully saturated rings. The number of halogens is 2. The first-order valence-corrected chi connectivity index (χ1v) is 10.2. The van der Waals surface area contributed by atoms with Crippen molar-refractivity contribution in [1.29, 1.82) is 0 Å². The predicted molar refractivity (Wildman–Crippen MR) is 129 cm³/mol. The average Bonchev–Trinajstić information content (AvgIpc) is 3.04. The Morgan fingerprint density at radius 1 is 1.13 bits per heavy atom. The first kappa shape index (κ1) is 24.0. The summed E-state index contributed by atoms with van der Waals surface area (Å²) in [7, 11) is 0. The molecule has 0 radical (unpaired) electrons. The second-order valence-electron chi connectivity index (χ2n) is 6.36. The zero-order valence-electron chi connectivity index (χ0n) is 17.1. The molecule has 3 rings (SSSR count). The van der Waals surface area contributed by atoms with E-state index in [9.17, 15) is 4.39 Å². The fraction of sp³-hybridized carbons (Fsp3) is 0.286. The van der Waals surface area contributed by atoms with Crippen molar-refractivity contribution in [1.82, 2.24) is 20.6 Å². The quantitative estimate of drug-likeness (QED) is 0.252. The standard InChI is InChI=1S/C21H24FN5OS.HI/c1-4-23-21(26-13-20-27-14(2)15(3)29-20)25-12-16-5-10-19(24-11-16)28-18-8-6-17(22)7-9-18;/h5-11H,4,12-13H2,1-3H3,(H2,23,25,26);1H. The largest absolute Gasteiger partial charge is 0.439 e. The van der Waals surface area contributed by atoms with Crippen molar-refractivity contribution in [3.63, 3.8) is 0 Å². The van der Waals surface area contributed by atoms with E-state index >= 15 is 0 Å². The number of aromatic nitrogens is 2. The number of nitrogens with one attached hydrogen (secondary N) is 2. The van der Waals surface area contributed by atoms with Crippen LogP contribution in [0, 0.1) is 19.7 Å². The molecule has 2 aromatic heterocycles. The highest BCUT2D eigenvalue weighted by Gasteiger charge is 2.05. The van der Waals surface area contributed by atoms with Crippen molar-refractivity contribution in [3.05, 3.63) is 69.6 Å². The highest BCUT2D eigenvalue weighted by molar-refractivity contribution is 14.0. The summed E-state index contributed by atoms with van der Waals surface area (Å²) in [6.45, 7) is 8.00. The van der Waals surface area contributed by atoms with Gasteiger partial charge in [-0.25, -0.2) is 19.4 Å². The molecule has 0 bridgehead atoms. The number of pyridine rings is 1. The molecule has 30 heavy (non-hydrogen) atoms. The molecule has 1 aromatic carbocycles. The van der Waals surface area contributed by atoms with E-state index in [2.05, 4.69) is 32.5 Å². The third kappa shape index (κ3) is 7.21. The summed E-state index contributed by atoms with van der Waals surface area (Å²) in [6.07, 6.45) is 1.72. The minimum atomic E-state index is -0.302. The van der Waals surface area contributed by atoms with Crippen LogP contribution in [0.1, 0.15) is 28.1 Å². The molecule has 0 unspecified atom stereocenters. The van der Waals surface area contributed by atoms with Crippen LogP contribution in [0.2, 0.25) is 0 Å². The maximum absolute atomic E-state index is 13.0. The van der Waals surface area contributed by atoms with Crippen molar-refractivity contribution < 1.29 is 9.13 Å². The Kier molecular flexibility index (Phi) is 9.44. The first-order chi connectivity index (χ1) is 14.0. The number of aryl methyl sites for hydroxylation is 2. The highest BCUT2D eigenvalue weighted by Crippen LogP contribution is 2.20. The van der Waals surface area contributed by atoms with Gasteiger partial charge in [-0.3, -0.25) is 0 Å². The van der Waals surface area contributed by atoms with Gasteiger partial charge in [0.15, 0.2) is 5.96 Å². The molecule has 0 aliphatic carbocycles. The lowest BCUT2D eigenvalue weighted by Gasteiger charge is -2.10. The summed E-state index contributed by atoms with van der Waals surface area (Å²) in [6, 6.07) is 9.51. The number of benzene rings is 1. The topological polar surface area (TPSA) is 71.4 Å². The van der Waals surface area contributed by atoms with Gasteiger partial charge in [0.05, 0.1) is 18.8 Å². The number of thiazole rings is 1. The Balaban J connectivity index is 0.00000320. The molecule has 0 aliphatic rings.